The molecule has 0 radical (unpaired) electrons. The van der Waals surface area contributed by atoms with E-state index >= 15 is 0 Å². The van der Waals surface area contributed by atoms with E-state index in [0.717, 1.165) is 37.1 Å². The van der Waals surface area contributed by atoms with E-state index < -0.39 is 0 Å². The second kappa shape index (κ2) is 4.22. The molecule has 2 nitrogen and oxygen atoms in total. The molecule has 0 saturated heterocycles. The van der Waals surface area contributed by atoms with Crippen LogP contribution < -0.4 is 0 Å². The summed E-state index contributed by atoms with van der Waals surface area (Å²) in [6.45, 7) is 2.04. The van der Waals surface area contributed by atoms with Gasteiger partial charge in [-0.2, -0.15) is 0 Å². The largest absolute Gasteiger partial charge is 0.300 e. The van der Waals surface area contributed by atoms with Gasteiger partial charge in [-0.15, -0.1) is 11.3 Å². The molecule has 0 aromatic carbocycles. The van der Waals surface area contributed by atoms with Crippen molar-refractivity contribution in [3.8, 4) is 0 Å². The second-order valence-corrected chi connectivity index (χ2v) is 5.11. The van der Waals surface area contributed by atoms with Crippen LogP contribution >= 0.6 is 11.3 Å². The minimum Gasteiger partial charge on any atom is -0.300 e. The van der Waals surface area contributed by atoms with Crippen LogP contribution in [0.4, 0.5) is 0 Å². The van der Waals surface area contributed by atoms with Gasteiger partial charge in [-0.05, 0) is 32.1 Å². The van der Waals surface area contributed by atoms with Gasteiger partial charge in [-0.1, -0.05) is 0 Å². The molecule has 76 valence electrons. The van der Waals surface area contributed by atoms with Crippen LogP contribution in [-0.4, -0.2) is 10.8 Å². The van der Waals surface area contributed by atoms with Crippen molar-refractivity contribution in [1.29, 1.82) is 0 Å². The fraction of sp³-hybridized carbons (Fsp3) is 0.636. The Kier molecular flexibility index (Phi) is 2.96. The van der Waals surface area contributed by atoms with Crippen LogP contribution in [0.1, 0.15) is 36.4 Å². The molecule has 0 unspecified atom stereocenters. The molecule has 0 spiro atoms. The summed E-state index contributed by atoms with van der Waals surface area (Å²) >= 11 is 1.72. The lowest BCUT2D eigenvalue weighted by molar-refractivity contribution is -0.121. The molecule has 1 aliphatic carbocycles. The van der Waals surface area contributed by atoms with E-state index in [2.05, 4.69) is 10.4 Å². The van der Waals surface area contributed by atoms with Crippen LogP contribution in [-0.2, 0) is 11.2 Å². The number of carbonyl (C=O) groups is 1. The first-order chi connectivity index (χ1) is 6.74. The van der Waals surface area contributed by atoms with E-state index in [1.165, 1.54) is 5.69 Å². The first-order valence-electron chi connectivity index (χ1n) is 5.17. The number of carbonyl (C=O) groups excluding carboxylic acids is 1. The Bertz CT molecular complexity index is 322. The minimum absolute atomic E-state index is 0.440. The van der Waals surface area contributed by atoms with E-state index in [0.29, 0.717) is 11.7 Å². The Morgan fingerprint density at radius 2 is 2.21 bits per heavy atom. The number of hydrogen-bond acceptors (Lipinski definition) is 3. The van der Waals surface area contributed by atoms with Crippen LogP contribution in [0.25, 0.3) is 0 Å². The molecule has 2 rings (SSSR count). The van der Waals surface area contributed by atoms with Gasteiger partial charge >= 0.3 is 0 Å². The third-order valence-electron chi connectivity index (χ3n) is 2.83. The maximum Gasteiger partial charge on any atom is 0.132 e. The Morgan fingerprint density at radius 1 is 1.50 bits per heavy atom. The van der Waals surface area contributed by atoms with Crippen LogP contribution in [0.3, 0.4) is 0 Å². The average Bonchev–Trinajstić information content (AvgIpc) is 2.56. The normalized spacial score (nSPS) is 18.8. The van der Waals surface area contributed by atoms with Crippen LogP contribution in [0, 0.1) is 12.8 Å². The number of ketones is 1. The highest BCUT2D eigenvalue weighted by Gasteiger charge is 2.19. The number of aryl methyl sites for hydroxylation is 1. The zero-order valence-corrected chi connectivity index (χ0v) is 9.27. The molecule has 1 saturated carbocycles. The van der Waals surface area contributed by atoms with Crippen molar-refractivity contribution in [1.82, 2.24) is 4.98 Å². The number of Topliss-reactive ketones (excluding diaryl/α,β-unsaturated/α-hetero) is 1. The Labute approximate surface area is 88.4 Å². The van der Waals surface area contributed by atoms with Gasteiger partial charge in [0.15, 0.2) is 0 Å². The zero-order valence-electron chi connectivity index (χ0n) is 8.45. The van der Waals surface area contributed by atoms with Crippen molar-refractivity contribution in [2.45, 2.75) is 39.0 Å². The van der Waals surface area contributed by atoms with Gasteiger partial charge in [0.1, 0.15) is 5.78 Å². The highest BCUT2D eigenvalue weighted by molar-refractivity contribution is 7.09. The summed E-state index contributed by atoms with van der Waals surface area (Å²) in [6.07, 6.45) is 4.77. The first-order valence-corrected chi connectivity index (χ1v) is 6.04. The quantitative estimate of drug-likeness (QED) is 0.749. The summed E-state index contributed by atoms with van der Waals surface area (Å²) in [7, 11) is 0. The molecule has 0 N–H and O–H groups in total. The maximum atomic E-state index is 11.1. The van der Waals surface area contributed by atoms with Crippen LogP contribution in [0.15, 0.2) is 5.38 Å². The summed E-state index contributed by atoms with van der Waals surface area (Å²) in [6, 6.07) is 0. The molecule has 1 fully saturated rings. The van der Waals surface area contributed by atoms with Crippen molar-refractivity contribution in [3.63, 3.8) is 0 Å². The predicted octanol–water partition coefficient (Wildman–Crippen LogP) is 2.75. The lowest BCUT2D eigenvalue weighted by atomic mass is 9.85. The summed E-state index contributed by atoms with van der Waals surface area (Å²) in [5, 5.41) is 3.29. The molecule has 0 bridgehead atoms. The topological polar surface area (TPSA) is 30.0 Å². The van der Waals surface area contributed by atoms with Crippen molar-refractivity contribution in [2.24, 2.45) is 5.92 Å². The number of thiazole rings is 1. The third-order valence-corrected chi connectivity index (χ3v) is 3.65. The standard InChI is InChI=1S/C11H15NOS/c1-8-12-10(7-14-8)6-9-2-4-11(13)5-3-9/h7,9H,2-6H2,1H3. The SMILES string of the molecule is Cc1nc(CC2CCC(=O)CC2)cs1. The Hall–Kier alpha value is -0.700. The molecule has 3 heteroatoms. The average molecular weight is 209 g/mol. The Morgan fingerprint density at radius 3 is 2.79 bits per heavy atom. The second-order valence-electron chi connectivity index (χ2n) is 4.04. The van der Waals surface area contributed by atoms with Gasteiger partial charge in [0, 0.05) is 18.2 Å². The molecule has 1 aliphatic rings. The summed E-state index contributed by atoms with van der Waals surface area (Å²) < 4.78 is 0. The first kappa shape index (κ1) is 9.84. The molecule has 14 heavy (non-hydrogen) atoms. The lowest BCUT2D eigenvalue weighted by Crippen LogP contribution is -2.15. The highest BCUT2D eigenvalue weighted by Crippen LogP contribution is 2.25. The van der Waals surface area contributed by atoms with Crippen molar-refractivity contribution in [3.05, 3.63) is 16.1 Å². The van der Waals surface area contributed by atoms with Crippen LogP contribution in [0.2, 0.25) is 0 Å². The van der Waals surface area contributed by atoms with Gasteiger partial charge in [-0.3, -0.25) is 4.79 Å². The fourth-order valence-corrected chi connectivity index (χ4v) is 2.63. The molecule has 1 aromatic rings. The fourth-order valence-electron chi connectivity index (χ4n) is 2.00. The molecule has 1 aromatic heterocycles. The van der Waals surface area contributed by atoms with Gasteiger partial charge in [-0.25, -0.2) is 4.98 Å². The smallest absolute Gasteiger partial charge is 0.132 e. The molecule has 0 aliphatic heterocycles. The predicted molar refractivity (Wildman–Crippen MR) is 57.5 cm³/mol. The molecule has 1 heterocycles. The Balaban J connectivity index is 1.89. The van der Waals surface area contributed by atoms with E-state index in [9.17, 15) is 4.79 Å². The van der Waals surface area contributed by atoms with Gasteiger partial charge in [0.25, 0.3) is 0 Å². The monoisotopic (exact) mass is 209 g/mol. The van der Waals surface area contributed by atoms with E-state index in [1.807, 2.05) is 6.92 Å². The van der Waals surface area contributed by atoms with Crippen molar-refractivity contribution < 1.29 is 4.79 Å². The number of aromatic nitrogens is 1. The molecule has 0 amide bonds. The van der Waals surface area contributed by atoms with E-state index in [-0.39, 0.29) is 0 Å². The van der Waals surface area contributed by atoms with Crippen molar-refractivity contribution in [2.75, 3.05) is 0 Å². The lowest BCUT2D eigenvalue weighted by Gasteiger charge is -2.19. The third kappa shape index (κ3) is 2.41. The molecule has 0 atom stereocenters. The zero-order chi connectivity index (χ0) is 9.97. The van der Waals surface area contributed by atoms with Crippen LogP contribution in [0.5, 0.6) is 0 Å². The highest BCUT2D eigenvalue weighted by atomic mass is 32.1. The van der Waals surface area contributed by atoms with Crippen molar-refractivity contribution >= 4 is 17.1 Å². The molecular weight excluding hydrogens is 194 g/mol. The summed E-state index contributed by atoms with van der Waals surface area (Å²) in [5.41, 5.74) is 1.21. The molecular formula is C11H15NOS. The summed E-state index contributed by atoms with van der Waals surface area (Å²) in [4.78, 5) is 15.5. The van der Waals surface area contributed by atoms with Gasteiger partial charge < -0.3 is 0 Å². The number of hydrogen-bond donors (Lipinski definition) is 0. The van der Waals surface area contributed by atoms with E-state index in [1.54, 1.807) is 11.3 Å². The maximum absolute atomic E-state index is 11.1. The number of rotatable bonds is 2. The van der Waals surface area contributed by atoms with Gasteiger partial charge in [0.2, 0.25) is 0 Å². The van der Waals surface area contributed by atoms with Gasteiger partial charge in [0.05, 0.1) is 10.7 Å². The number of nitrogens with zero attached hydrogens (tertiary/aromatic N) is 1. The minimum atomic E-state index is 0.440. The van der Waals surface area contributed by atoms with E-state index in [4.69, 9.17) is 0 Å². The summed E-state index contributed by atoms with van der Waals surface area (Å²) in [5.74, 6) is 1.13.